The van der Waals surface area contributed by atoms with Crippen molar-refractivity contribution in [1.29, 1.82) is 0 Å². The third kappa shape index (κ3) is 3.56. The molecule has 1 amide bonds. The Labute approximate surface area is 122 Å². The fraction of sp³-hybridized carbons (Fsp3) is 0.429. The molecular weight excluding hydrogens is 276 g/mol. The second kappa shape index (κ2) is 6.34. The first kappa shape index (κ1) is 16.6. The standard InChI is InChI=1S/C14H18N2O5/c1-4-14(5-2,13(18)19)15-12(17)10-6-9(3)7-11(8-10)16(20)21/h6-8H,4-5H2,1-3H3,(H,15,17)(H,18,19). The van der Waals surface area contributed by atoms with Crippen LogP contribution in [0.2, 0.25) is 0 Å². The van der Waals surface area contributed by atoms with E-state index in [1.165, 1.54) is 12.1 Å². The van der Waals surface area contributed by atoms with Crippen LogP contribution in [0.15, 0.2) is 18.2 Å². The van der Waals surface area contributed by atoms with Gasteiger partial charge in [0.2, 0.25) is 0 Å². The molecule has 0 saturated carbocycles. The molecule has 2 N–H and O–H groups in total. The Morgan fingerprint density at radius 1 is 1.29 bits per heavy atom. The van der Waals surface area contributed by atoms with Crippen molar-refractivity contribution in [3.05, 3.63) is 39.4 Å². The summed E-state index contributed by atoms with van der Waals surface area (Å²) in [6.07, 6.45) is 0.441. The number of carbonyl (C=O) groups is 2. The number of nitro benzene ring substituents is 1. The number of nitrogens with zero attached hydrogens (tertiary/aromatic N) is 1. The summed E-state index contributed by atoms with van der Waals surface area (Å²) in [5.74, 6) is -1.75. The van der Waals surface area contributed by atoms with Crippen LogP contribution in [0, 0.1) is 17.0 Å². The molecule has 0 bridgehead atoms. The van der Waals surface area contributed by atoms with Crippen molar-refractivity contribution >= 4 is 17.6 Å². The lowest BCUT2D eigenvalue weighted by Gasteiger charge is -2.28. The molecule has 0 saturated heterocycles. The van der Waals surface area contributed by atoms with Crippen LogP contribution in [0.3, 0.4) is 0 Å². The third-order valence-corrected chi connectivity index (χ3v) is 3.50. The average molecular weight is 294 g/mol. The molecule has 0 heterocycles. The molecule has 7 nitrogen and oxygen atoms in total. The van der Waals surface area contributed by atoms with Gasteiger partial charge in [0.1, 0.15) is 5.54 Å². The van der Waals surface area contributed by atoms with E-state index in [4.69, 9.17) is 0 Å². The monoisotopic (exact) mass is 294 g/mol. The first-order valence-electron chi connectivity index (χ1n) is 6.57. The number of benzene rings is 1. The van der Waals surface area contributed by atoms with Crippen LogP contribution >= 0.6 is 0 Å². The maximum atomic E-state index is 12.2. The van der Waals surface area contributed by atoms with Crippen LogP contribution in [0.4, 0.5) is 5.69 Å². The third-order valence-electron chi connectivity index (χ3n) is 3.50. The van der Waals surface area contributed by atoms with E-state index in [1.54, 1.807) is 20.8 Å². The van der Waals surface area contributed by atoms with Crippen molar-refractivity contribution in [2.24, 2.45) is 0 Å². The van der Waals surface area contributed by atoms with Gasteiger partial charge in [0.25, 0.3) is 11.6 Å². The zero-order chi connectivity index (χ0) is 16.2. The van der Waals surface area contributed by atoms with Crippen molar-refractivity contribution in [3.8, 4) is 0 Å². The molecule has 7 heteroatoms. The summed E-state index contributed by atoms with van der Waals surface area (Å²) >= 11 is 0. The lowest BCUT2D eigenvalue weighted by Crippen LogP contribution is -2.53. The summed E-state index contributed by atoms with van der Waals surface area (Å²) in [5, 5.41) is 22.6. The number of rotatable bonds is 6. The maximum Gasteiger partial charge on any atom is 0.329 e. The molecule has 1 aromatic rings. The number of amides is 1. The summed E-state index contributed by atoms with van der Waals surface area (Å²) in [6.45, 7) is 4.96. The molecule has 1 aromatic carbocycles. The van der Waals surface area contributed by atoms with Crippen LogP contribution in [0.25, 0.3) is 0 Å². The molecule has 0 unspecified atom stereocenters. The highest BCUT2D eigenvalue weighted by atomic mass is 16.6. The van der Waals surface area contributed by atoms with Crippen LogP contribution in [-0.2, 0) is 4.79 Å². The number of carboxylic acids is 1. The maximum absolute atomic E-state index is 12.2. The minimum atomic E-state index is -1.37. The number of non-ortho nitro benzene ring substituents is 1. The minimum absolute atomic E-state index is 0.0780. The molecular formula is C14H18N2O5. The quantitative estimate of drug-likeness (QED) is 0.617. The highest BCUT2D eigenvalue weighted by molar-refractivity contribution is 5.98. The van der Waals surface area contributed by atoms with Gasteiger partial charge in [-0.25, -0.2) is 4.79 Å². The molecule has 0 fully saturated rings. The van der Waals surface area contributed by atoms with Crippen molar-refractivity contribution in [2.45, 2.75) is 39.2 Å². The predicted octanol–water partition coefficient (Wildman–Crippen LogP) is 2.28. The molecule has 0 aliphatic heterocycles. The van der Waals surface area contributed by atoms with Gasteiger partial charge in [-0.1, -0.05) is 13.8 Å². The number of aryl methyl sites for hydroxylation is 1. The van der Waals surface area contributed by atoms with Crippen LogP contribution in [0.5, 0.6) is 0 Å². The Morgan fingerprint density at radius 2 is 1.86 bits per heavy atom. The zero-order valence-corrected chi connectivity index (χ0v) is 12.2. The van der Waals surface area contributed by atoms with Crippen molar-refractivity contribution in [2.75, 3.05) is 0 Å². The van der Waals surface area contributed by atoms with Gasteiger partial charge in [0.05, 0.1) is 4.92 Å². The molecule has 0 spiro atoms. The van der Waals surface area contributed by atoms with E-state index in [0.29, 0.717) is 5.56 Å². The first-order chi connectivity index (χ1) is 9.75. The Hall–Kier alpha value is -2.44. The fourth-order valence-corrected chi connectivity index (χ4v) is 2.07. The van der Waals surface area contributed by atoms with Crippen LogP contribution in [0.1, 0.15) is 42.6 Å². The fourth-order valence-electron chi connectivity index (χ4n) is 2.07. The molecule has 0 aromatic heterocycles. The van der Waals surface area contributed by atoms with Crippen LogP contribution in [-0.4, -0.2) is 27.4 Å². The Morgan fingerprint density at radius 3 is 2.29 bits per heavy atom. The normalized spacial score (nSPS) is 11.0. The molecule has 0 atom stereocenters. The largest absolute Gasteiger partial charge is 0.480 e. The van der Waals surface area contributed by atoms with Gasteiger partial charge in [-0.05, 0) is 31.4 Å². The van der Waals surface area contributed by atoms with E-state index in [9.17, 15) is 24.8 Å². The van der Waals surface area contributed by atoms with Crippen molar-refractivity contribution in [3.63, 3.8) is 0 Å². The number of carbonyl (C=O) groups excluding carboxylic acids is 1. The van der Waals surface area contributed by atoms with E-state index >= 15 is 0 Å². The summed E-state index contributed by atoms with van der Waals surface area (Å²) < 4.78 is 0. The molecule has 0 radical (unpaired) electrons. The summed E-state index contributed by atoms with van der Waals surface area (Å²) in [6, 6.07) is 3.97. The number of hydrogen-bond acceptors (Lipinski definition) is 4. The lowest BCUT2D eigenvalue weighted by atomic mass is 9.92. The zero-order valence-electron chi connectivity index (χ0n) is 12.2. The summed E-state index contributed by atoms with van der Waals surface area (Å²) in [7, 11) is 0. The summed E-state index contributed by atoms with van der Waals surface area (Å²) in [5.41, 5.74) is -0.929. The minimum Gasteiger partial charge on any atom is -0.480 e. The van der Waals surface area contributed by atoms with Gasteiger partial charge < -0.3 is 10.4 Å². The van der Waals surface area contributed by atoms with Gasteiger partial charge >= 0.3 is 5.97 Å². The van der Waals surface area contributed by atoms with E-state index in [0.717, 1.165) is 6.07 Å². The molecule has 0 aliphatic carbocycles. The number of hydrogen-bond donors (Lipinski definition) is 2. The highest BCUT2D eigenvalue weighted by Gasteiger charge is 2.36. The second-order valence-electron chi connectivity index (χ2n) is 4.86. The number of nitrogens with one attached hydrogen (secondary N) is 1. The van der Waals surface area contributed by atoms with Crippen molar-refractivity contribution < 1.29 is 19.6 Å². The van der Waals surface area contributed by atoms with Gasteiger partial charge in [-0.2, -0.15) is 0 Å². The van der Waals surface area contributed by atoms with E-state index in [-0.39, 0.29) is 24.1 Å². The van der Waals surface area contributed by atoms with Gasteiger partial charge in [-0.3, -0.25) is 14.9 Å². The SMILES string of the molecule is CCC(CC)(NC(=O)c1cc(C)cc([N+](=O)[O-])c1)C(=O)O. The predicted molar refractivity (Wildman–Crippen MR) is 76.2 cm³/mol. The molecule has 1 rings (SSSR count). The van der Waals surface area contributed by atoms with Crippen molar-refractivity contribution in [1.82, 2.24) is 5.32 Å². The number of nitro groups is 1. The first-order valence-corrected chi connectivity index (χ1v) is 6.57. The van der Waals surface area contributed by atoms with E-state index < -0.39 is 22.3 Å². The highest BCUT2D eigenvalue weighted by Crippen LogP contribution is 2.20. The average Bonchev–Trinajstić information content (AvgIpc) is 2.43. The smallest absolute Gasteiger partial charge is 0.329 e. The van der Waals surface area contributed by atoms with Crippen LogP contribution < -0.4 is 5.32 Å². The number of aliphatic carboxylic acids is 1. The summed E-state index contributed by atoms with van der Waals surface area (Å²) in [4.78, 5) is 33.8. The second-order valence-corrected chi connectivity index (χ2v) is 4.86. The van der Waals surface area contributed by atoms with E-state index in [1.807, 2.05) is 0 Å². The Kier molecular flexibility index (Phi) is 5.02. The Balaban J connectivity index is 3.14. The Bertz CT molecular complexity index is 579. The molecule has 114 valence electrons. The van der Waals surface area contributed by atoms with Gasteiger partial charge in [0, 0.05) is 17.7 Å². The van der Waals surface area contributed by atoms with Gasteiger partial charge in [-0.15, -0.1) is 0 Å². The molecule has 21 heavy (non-hydrogen) atoms. The van der Waals surface area contributed by atoms with Gasteiger partial charge in [0.15, 0.2) is 0 Å². The topological polar surface area (TPSA) is 110 Å². The van der Waals surface area contributed by atoms with E-state index in [2.05, 4.69) is 5.32 Å². The lowest BCUT2D eigenvalue weighted by molar-refractivity contribution is -0.384. The molecule has 0 aliphatic rings. The number of carboxylic acid groups (broad SMARTS) is 1.